The Morgan fingerprint density at radius 3 is 1.53 bits per heavy atom. The molecule has 15 heavy (non-hydrogen) atoms. The SMILES string of the molecule is O=C(CCl)NCCCCCNC(=O)CCl. The van der Waals surface area contributed by atoms with Gasteiger partial charge in [-0.05, 0) is 19.3 Å². The van der Waals surface area contributed by atoms with Crippen LogP contribution < -0.4 is 10.6 Å². The Bertz CT molecular complexity index is 181. The molecule has 0 aromatic carbocycles. The molecule has 0 aromatic heterocycles. The fourth-order valence-corrected chi connectivity index (χ4v) is 1.17. The third-order valence-electron chi connectivity index (χ3n) is 1.74. The van der Waals surface area contributed by atoms with Gasteiger partial charge in [0.1, 0.15) is 11.8 Å². The van der Waals surface area contributed by atoms with Crippen molar-refractivity contribution >= 4 is 35.0 Å². The molecule has 0 bridgehead atoms. The second kappa shape index (κ2) is 10.1. The van der Waals surface area contributed by atoms with Crippen molar-refractivity contribution in [2.45, 2.75) is 19.3 Å². The number of halogens is 2. The number of nitrogens with one attached hydrogen (secondary N) is 2. The molecule has 0 aliphatic heterocycles. The zero-order valence-electron chi connectivity index (χ0n) is 8.52. The lowest BCUT2D eigenvalue weighted by Gasteiger charge is -2.04. The first kappa shape index (κ1) is 14.5. The summed E-state index contributed by atoms with van der Waals surface area (Å²) in [6.07, 6.45) is 2.73. The maximum absolute atomic E-state index is 10.7. The van der Waals surface area contributed by atoms with Crippen LogP contribution in [0.4, 0.5) is 0 Å². The summed E-state index contributed by atoms with van der Waals surface area (Å²) in [5, 5.41) is 5.33. The van der Waals surface area contributed by atoms with Crippen LogP contribution in [-0.4, -0.2) is 36.7 Å². The van der Waals surface area contributed by atoms with Crippen LogP contribution in [0, 0.1) is 0 Å². The maximum Gasteiger partial charge on any atom is 0.234 e. The van der Waals surface area contributed by atoms with Crippen LogP contribution in [0.2, 0.25) is 0 Å². The molecule has 0 spiro atoms. The molecule has 88 valence electrons. The number of hydrogen-bond acceptors (Lipinski definition) is 2. The molecule has 0 rings (SSSR count). The van der Waals surface area contributed by atoms with E-state index >= 15 is 0 Å². The van der Waals surface area contributed by atoms with Crippen molar-refractivity contribution in [3.8, 4) is 0 Å². The first-order valence-electron chi connectivity index (χ1n) is 4.86. The van der Waals surface area contributed by atoms with Crippen molar-refractivity contribution in [1.29, 1.82) is 0 Å². The number of hydrogen-bond donors (Lipinski definition) is 2. The molecule has 6 heteroatoms. The highest BCUT2D eigenvalue weighted by atomic mass is 35.5. The predicted octanol–water partition coefficient (Wildman–Crippen LogP) is 0.867. The van der Waals surface area contributed by atoms with E-state index in [4.69, 9.17) is 23.2 Å². The fraction of sp³-hybridized carbons (Fsp3) is 0.778. The largest absolute Gasteiger partial charge is 0.355 e. The van der Waals surface area contributed by atoms with E-state index in [2.05, 4.69) is 10.6 Å². The van der Waals surface area contributed by atoms with E-state index in [0.717, 1.165) is 19.3 Å². The Morgan fingerprint density at radius 2 is 1.20 bits per heavy atom. The van der Waals surface area contributed by atoms with Gasteiger partial charge in [0.15, 0.2) is 0 Å². The van der Waals surface area contributed by atoms with Gasteiger partial charge in [0, 0.05) is 13.1 Å². The quantitative estimate of drug-likeness (QED) is 0.499. The van der Waals surface area contributed by atoms with Crippen molar-refractivity contribution in [1.82, 2.24) is 10.6 Å². The van der Waals surface area contributed by atoms with Crippen molar-refractivity contribution in [3.63, 3.8) is 0 Å². The van der Waals surface area contributed by atoms with Crippen molar-refractivity contribution < 1.29 is 9.59 Å². The molecular formula is C9H16Cl2N2O2. The number of alkyl halides is 2. The summed E-state index contributed by atoms with van der Waals surface area (Å²) in [7, 11) is 0. The fourth-order valence-electron chi connectivity index (χ4n) is 0.977. The average molecular weight is 255 g/mol. The molecule has 0 aromatic rings. The summed E-state index contributed by atoms with van der Waals surface area (Å²) < 4.78 is 0. The summed E-state index contributed by atoms with van der Waals surface area (Å²) in [5.41, 5.74) is 0. The van der Waals surface area contributed by atoms with E-state index in [9.17, 15) is 9.59 Å². The van der Waals surface area contributed by atoms with Gasteiger partial charge in [0.2, 0.25) is 11.8 Å². The monoisotopic (exact) mass is 254 g/mol. The Morgan fingerprint density at radius 1 is 0.800 bits per heavy atom. The molecule has 2 amide bonds. The topological polar surface area (TPSA) is 58.2 Å². The third kappa shape index (κ3) is 9.82. The molecule has 0 saturated heterocycles. The highest BCUT2D eigenvalue weighted by Gasteiger charge is 1.98. The Hall–Kier alpha value is -0.480. The summed E-state index contributed by atoms with van der Waals surface area (Å²) >= 11 is 10.6. The smallest absolute Gasteiger partial charge is 0.234 e. The Kier molecular flexibility index (Phi) is 9.73. The standard InChI is InChI=1S/C9H16Cl2N2O2/c10-6-8(14)12-4-2-1-3-5-13-9(15)7-11/h1-7H2,(H,12,14)(H,13,15). The van der Waals surface area contributed by atoms with Crippen LogP contribution in [-0.2, 0) is 9.59 Å². The highest BCUT2D eigenvalue weighted by Crippen LogP contribution is 1.92. The lowest BCUT2D eigenvalue weighted by atomic mass is 10.2. The Balaban J connectivity index is 3.11. The lowest BCUT2D eigenvalue weighted by Crippen LogP contribution is -2.26. The van der Waals surface area contributed by atoms with Gasteiger partial charge in [-0.2, -0.15) is 0 Å². The molecule has 4 nitrogen and oxygen atoms in total. The van der Waals surface area contributed by atoms with Crippen molar-refractivity contribution in [3.05, 3.63) is 0 Å². The zero-order valence-corrected chi connectivity index (χ0v) is 10.0. The Labute approximate surface area is 99.7 Å². The van der Waals surface area contributed by atoms with Crippen LogP contribution in [0.5, 0.6) is 0 Å². The normalized spacial score (nSPS) is 9.73. The molecule has 2 N–H and O–H groups in total. The predicted molar refractivity (Wildman–Crippen MR) is 61.3 cm³/mol. The minimum absolute atomic E-state index is 0.00573. The zero-order chi connectivity index (χ0) is 11.5. The average Bonchev–Trinajstić information content (AvgIpc) is 2.26. The summed E-state index contributed by atoms with van der Waals surface area (Å²) in [6.45, 7) is 1.27. The van der Waals surface area contributed by atoms with Crippen LogP contribution >= 0.6 is 23.2 Å². The summed E-state index contributed by atoms with van der Waals surface area (Å²) in [5.74, 6) is -0.281. The van der Waals surface area contributed by atoms with E-state index in [-0.39, 0.29) is 23.6 Å². The van der Waals surface area contributed by atoms with Gasteiger partial charge in [-0.1, -0.05) is 0 Å². The third-order valence-corrected chi connectivity index (χ3v) is 2.23. The van der Waals surface area contributed by atoms with E-state index < -0.39 is 0 Å². The molecule has 0 heterocycles. The molecular weight excluding hydrogens is 239 g/mol. The molecule has 0 unspecified atom stereocenters. The van der Waals surface area contributed by atoms with Gasteiger partial charge in [0.25, 0.3) is 0 Å². The molecule has 0 aliphatic carbocycles. The van der Waals surface area contributed by atoms with Gasteiger partial charge < -0.3 is 10.6 Å². The summed E-state index contributed by atoms with van der Waals surface area (Å²) in [4.78, 5) is 21.4. The van der Waals surface area contributed by atoms with Crippen LogP contribution in [0.3, 0.4) is 0 Å². The van der Waals surface area contributed by atoms with Gasteiger partial charge >= 0.3 is 0 Å². The van der Waals surface area contributed by atoms with E-state index in [1.165, 1.54) is 0 Å². The molecule has 0 radical (unpaired) electrons. The highest BCUT2D eigenvalue weighted by molar-refractivity contribution is 6.27. The first-order chi connectivity index (χ1) is 7.20. The number of carbonyl (C=O) groups excluding carboxylic acids is 2. The van der Waals surface area contributed by atoms with E-state index in [1.54, 1.807) is 0 Å². The maximum atomic E-state index is 10.7. The van der Waals surface area contributed by atoms with Gasteiger partial charge in [-0.15, -0.1) is 23.2 Å². The van der Waals surface area contributed by atoms with Gasteiger partial charge in [0.05, 0.1) is 0 Å². The summed E-state index contributed by atoms with van der Waals surface area (Å²) in [6, 6.07) is 0. The molecule has 0 atom stereocenters. The number of rotatable bonds is 8. The van der Waals surface area contributed by atoms with Crippen molar-refractivity contribution in [2.24, 2.45) is 0 Å². The minimum Gasteiger partial charge on any atom is -0.355 e. The van der Waals surface area contributed by atoms with Gasteiger partial charge in [-0.3, -0.25) is 9.59 Å². The number of carbonyl (C=O) groups is 2. The second-order valence-corrected chi connectivity index (χ2v) is 3.56. The number of amides is 2. The van der Waals surface area contributed by atoms with Crippen LogP contribution in [0.15, 0.2) is 0 Å². The molecule has 0 saturated carbocycles. The first-order valence-corrected chi connectivity index (χ1v) is 5.93. The second-order valence-electron chi connectivity index (χ2n) is 3.03. The van der Waals surface area contributed by atoms with Crippen LogP contribution in [0.25, 0.3) is 0 Å². The van der Waals surface area contributed by atoms with Crippen molar-refractivity contribution in [2.75, 3.05) is 24.8 Å². The molecule has 0 fully saturated rings. The molecule has 0 aliphatic rings. The lowest BCUT2D eigenvalue weighted by molar-refractivity contribution is -0.119. The van der Waals surface area contributed by atoms with Crippen LogP contribution in [0.1, 0.15) is 19.3 Å². The van der Waals surface area contributed by atoms with Gasteiger partial charge in [-0.25, -0.2) is 0 Å². The van der Waals surface area contributed by atoms with E-state index in [1.807, 2.05) is 0 Å². The minimum atomic E-state index is -0.146. The van der Waals surface area contributed by atoms with E-state index in [0.29, 0.717) is 13.1 Å². The number of unbranched alkanes of at least 4 members (excludes halogenated alkanes) is 2.